The van der Waals surface area contributed by atoms with Gasteiger partial charge in [0.05, 0.1) is 31.0 Å². The van der Waals surface area contributed by atoms with Crippen molar-refractivity contribution in [2.75, 3.05) is 68.2 Å². The first-order valence-electron chi connectivity index (χ1n) is 11.5. The Labute approximate surface area is 196 Å². The summed E-state index contributed by atoms with van der Waals surface area (Å²) in [6.45, 7) is 4.92. The first-order chi connectivity index (χ1) is 16.4. The second-order valence-corrected chi connectivity index (χ2v) is 8.51. The molecule has 4 rings (SSSR count). The average molecular weight is 482 g/mol. The van der Waals surface area contributed by atoms with E-state index in [0.717, 1.165) is 57.4 Å². The Bertz CT molecular complexity index is 935. The molecule has 0 aliphatic carbocycles. The summed E-state index contributed by atoms with van der Waals surface area (Å²) in [4.78, 5) is 21.8. The lowest BCUT2D eigenvalue weighted by Gasteiger charge is -2.28. The van der Waals surface area contributed by atoms with Crippen LogP contribution in [0.15, 0.2) is 18.3 Å². The number of nitrogens with zero attached hydrogens (tertiary/aromatic N) is 6. The van der Waals surface area contributed by atoms with Crippen molar-refractivity contribution in [1.29, 1.82) is 0 Å². The predicted octanol–water partition coefficient (Wildman–Crippen LogP) is 2.99. The van der Waals surface area contributed by atoms with E-state index in [1.54, 1.807) is 0 Å². The van der Waals surface area contributed by atoms with Gasteiger partial charge in [0.15, 0.2) is 0 Å². The van der Waals surface area contributed by atoms with Gasteiger partial charge in [-0.05, 0) is 37.3 Å². The maximum Gasteiger partial charge on any atom is 0.416 e. The number of hydrogen-bond acceptors (Lipinski definition) is 9. The lowest BCUT2D eigenvalue weighted by Crippen LogP contribution is -2.38. The number of ether oxygens (including phenoxy) is 2. The lowest BCUT2D eigenvalue weighted by atomic mass is 9.96. The Morgan fingerprint density at radius 2 is 1.82 bits per heavy atom. The molecule has 2 saturated heterocycles. The number of aromatic nitrogens is 4. The highest BCUT2D eigenvalue weighted by molar-refractivity contribution is 5.45. The zero-order valence-corrected chi connectivity index (χ0v) is 19.2. The van der Waals surface area contributed by atoms with Crippen LogP contribution in [0.5, 0.6) is 0 Å². The SMILES string of the molecule is CN(CCC1CCOCC1)c1nc(NCc2cc(C(F)(F)F)ccn2)nc(N2CCOCC2)n1. The Balaban J connectivity index is 1.48. The third-order valence-corrected chi connectivity index (χ3v) is 6.03. The molecule has 2 aliphatic heterocycles. The molecule has 2 aromatic rings. The molecule has 2 fully saturated rings. The van der Waals surface area contributed by atoms with Crippen LogP contribution >= 0.6 is 0 Å². The summed E-state index contributed by atoms with van der Waals surface area (Å²) in [5.74, 6) is 1.94. The number of rotatable bonds is 8. The summed E-state index contributed by atoms with van der Waals surface area (Å²) < 4.78 is 50.0. The predicted molar refractivity (Wildman–Crippen MR) is 121 cm³/mol. The molecule has 0 bridgehead atoms. The fraction of sp³-hybridized carbons (Fsp3) is 0.636. The van der Waals surface area contributed by atoms with E-state index in [2.05, 4.69) is 25.3 Å². The van der Waals surface area contributed by atoms with Gasteiger partial charge in [-0.25, -0.2) is 0 Å². The summed E-state index contributed by atoms with van der Waals surface area (Å²) >= 11 is 0. The van der Waals surface area contributed by atoms with Gasteiger partial charge in [0.2, 0.25) is 17.8 Å². The summed E-state index contributed by atoms with van der Waals surface area (Å²) in [5, 5.41) is 3.03. The van der Waals surface area contributed by atoms with Gasteiger partial charge in [-0.3, -0.25) is 4.98 Å². The third-order valence-electron chi connectivity index (χ3n) is 6.03. The van der Waals surface area contributed by atoms with Crippen molar-refractivity contribution < 1.29 is 22.6 Å². The Kier molecular flexibility index (Phi) is 7.99. The molecule has 186 valence electrons. The molecular formula is C22H30F3N7O2. The smallest absolute Gasteiger partial charge is 0.381 e. The largest absolute Gasteiger partial charge is 0.416 e. The van der Waals surface area contributed by atoms with Crippen LogP contribution in [0, 0.1) is 5.92 Å². The molecule has 0 saturated carbocycles. The molecule has 1 N–H and O–H groups in total. The minimum Gasteiger partial charge on any atom is -0.381 e. The molecule has 9 nitrogen and oxygen atoms in total. The number of anilines is 3. The standard InChI is InChI=1S/C22H30F3N7O2/c1-31(7-3-16-4-10-33-11-5-16)20-28-19(29-21(30-20)32-8-12-34-13-9-32)27-15-18-14-17(2-6-26-18)22(23,24)25/h2,6,14,16H,3-5,7-13,15H2,1H3,(H,27,28,29,30). The second kappa shape index (κ2) is 11.1. The van der Waals surface area contributed by atoms with Crippen molar-refractivity contribution in [3.63, 3.8) is 0 Å². The molecule has 34 heavy (non-hydrogen) atoms. The van der Waals surface area contributed by atoms with Crippen LogP contribution in [-0.4, -0.2) is 73.0 Å². The monoisotopic (exact) mass is 481 g/mol. The van der Waals surface area contributed by atoms with Crippen LogP contribution in [0.2, 0.25) is 0 Å². The van der Waals surface area contributed by atoms with E-state index in [1.807, 2.05) is 16.8 Å². The van der Waals surface area contributed by atoms with E-state index in [0.29, 0.717) is 50.1 Å². The quantitative estimate of drug-likeness (QED) is 0.611. The van der Waals surface area contributed by atoms with Crippen molar-refractivity contribution in [3.8, 4) is 0 Å². The van der Waals surface area contributed by atoms with E-state index < -0.39 is 11.7 Å². The van der Waals surface area contributed by atoms with Crippen LogP contribution in [0.3, 0.4) is 0 Å². The summed E-state index contributed by atoms with van der Waals surface area (Å²) in [5.41, 5.74) is -0.491. The Morgan fingerprint density at radius 3 is 2.56 bits per heavy atom. The van der Waals surface area contributed by atoms with Crippen molar-refractivity contribution >= 4 is 17.8 Å². The fourth-order valence-corrected chi connectivity index (χ4v) is 3.94. The summed E-state index contributed by atoms with van der Waals surface area (Å²) in [6, 6.07) is 1.98. The molecule has 2 aliphatic rings. The first kappa shape index (κ1) is 24.4. The third kappa shape index (κ3) is 6.66. The zero-order chi connectivity index (χ0) is 24.0. The number of alkyl halides is 3. The normalized spacial score (nSPS) is 17.6. The molecule has 12 heteroatoms. The van der Waals surface area contributed by atoms with Crippen molar-refractivity contribution in [2.45, 2.75) is 32.0 Å². The Morgan fingerprint density at radius 1 is 1.09 bits per heavy atom. The zero-order valence-electron chi connectivity index (χ0n) is 19.2. The van der Waals surface area contributed by atoms with E-state index in [9.17, 15) is 13.2 Å². The molecule has 0 radical (unpaired) electrons. The summed E-state index contributed by atoms with van der Waals surface area (Å²) in [7, 11) is 1.94. The van der Waals surface area contributed by atoms with Crippen molar-refractivity contribution in [3.05, 3.63) is 29.6 Å². The fourth-order valence-electron chi connectivity index (χ4n) is 3.94. The van der Waals surface area contributed by atoms with Gasteiger partial charge in [-0.15, -0.1) is 0 Å². The van der Waals surface area contributed by atoms with Gasteiger partial charge >= 0.3 is 6.18 Å². The van der Waals surface area contributed by atoms with Gasteiger partial charge < -0.3 is 24.6 Å². The van der Waals surface area contributed by atoms with Crippen LogP contribution in [0.25, 0.3) is 0 Å². The Hall–Kier alpha value is -2.73. The van der Waals surface area contributed by atoms with Crippen LogP contribution in [0.4, 0.5) is 31.0 Å². The topological polar surface area (TPSA) is 88.5 Å². The van der Waals surface area contributed by atoms with Crippen molar-refractivity contribution in [1.82, 2.24) is 19.9 Å². The maximum absolute atomic E-state index is 13.0. The number of halogens is 3. The number of hydrogen-bond donors (Lipinski definition) is 1. The van der Waals surface area contributed by atoms with Crippen molar-refractivity contribution in [2.24, 2.45) is 5.92 Å². The summed E-state index contributed by atoms with van der Waals surface area (Å²) in [6.07, 6.45) is -0.145. The molecule has 0 unspecified atom stereocenters. The molecule has 0 amide bonds. The van der Waals surface area contributed by atoms with E-state index in [-0.39, 0.29) is 12.2 Å². The van der Waals surface area contributed by atoms with Crippen LogP contribution < -0.4 is 15.1 Å². The van der Waals surface area contributed by atoms with Crippen LogP contribution in [0.1, 0.15) is 30.5 Å². The lowest BCUT2D eigenvalue weighted by molar-refractivity contribution is -0.137. The highest BCUT2D eigenvalue weighted by atomic mass is 19.4. The second-order valence-electron chi connectivity index (χ2n) is 8.51. The van der Waals surface area contributed by atoms with E-state index >= 15 is 0 Å². The molecule has 0 atom stereocenters. The van der Waals surface area contributed by atoms with Gasteiger partial charge in [0.25, 0.3) is 0 Å². The molecular weight excluding hydrogens is 451 g/mol. The minimum atomic E-state index is -4.42. The minimum absolute atomic E-state index is 0.0573. The molecule has 0 aromatic carbocycles. The van der Waals surface area contributed by atoms with E-state index in [4.69, 9.17) is 9.47 Å². The van der Waals surface area contributed by atoms with Gasteiger partial charge in [0.1, 0.15) is 0 Å². The van der Waals surface area contributed by atoms with E-state index in [1.165, 1.54) is 0 Å². The first-order valence-corrected chi connectivity index (χ1v) is 11.5. The highest BCUT2D eigenvalue weighted by Crippen LogP contribution is 2.29. The average Bonchev–Trinajstić information content (AvgIpc) is 2.86. The number of nitrogens with one attached hydrogen (secondary N) is 1. The van der Waals surface area contributed by atoms with Gasteiger partial charge in [0, 0.05) is 46.1 Å². The highest BCUT2D eigenvalue weighted by Gasteiger charge is 2.30. The van der Waals surface area contributed by atoms with Gasteiger partial charge in [-0.2, -0.15) is 28.1 Å². The van der Waals surface area contributed by atoms with Crippen LogP contribution in [-0.2, 0) is 22.2 Å². The molecule has 2 aromatic heterocycles. The number of morpholine rings is 1. The molecule has 0 spiro atoms. The number of pyridine rings is 1. The molecule has 4 heterocycles. The maximum atomic E-state index is 13.0. The van der Waals surface area contributed by atoms with Gasteiger partial charge in [-0.1, -0.05) is 0 Å².